The number of nitrogens with zero attached hydrogens (tertiary/aromatic N) is 3. The Hall–Kier alpha value is -2.67. The van der Waals surface area contributed by atoms with Gasteiger partial charge in [-0.3, -0.25) is 4.79 Å². The van der Waals surface area contributed by atoms with E-state index in [0.717, 1.165) is 48.5 Å². The zero-order valence-corrected chi connectivity index (χ0v) is 13.5. The minimum absolute atomic E-state index is 0.0365. The van der Waals surface area contributed by atoms with Crippen LogP contribution in [0.1, 0.15) is 37.8 Å². The van der Waals surface area contributed by atoms with E-state index < -0.39 is 0 Å². The van der Waals surface area contributed by atoms with Crippen LogP contribution in [0, 0.1) is 11.8 Å². The van der Waals surface area contributed by atoms with Gasteiger partial charge in [-0.1, -0.05) is 24.8 Å². The molecule has 0 saturated heterocycles. The summed E-state index contributed by atoms with van der Waals surface area (Å²) in [6.07, 6.45) is 10.9. The molecule has 2 aliphatic heterocycles. The Labute approximate surface area is 142 Å². The molecule has 1 atom stereocenters. The largest absolute Gasteiger partial charge is 0.342 e. The number of Topliss-reactive ketones (excluding diaryl/α,β-unsaturated/α-hetero) is 1. The molecule has 0 spiro atoms. The number of aromatic nitrogens is 1. The first kappa shape index (κ1) is 14.9. The number of carbonyl (C=O) groups excluding carboxylic acids is 1. The lowest BCUT2D eigenvalue weighted by Crippen LogP contribution is -2.48. The van der Waals surface area contributed by atoms with Gasteiger partial charge in [0.2, 0.25) is 0 Å². The van der Waals surface area contributed by atoms with Gasteiger partial charge in [-0.15, -0.1) is 0 Å². The van der Waals surface area contributed by atoms with Crippen LogP contribution < -0.4 is 0 Å². The van der Waals surface area contributed by atoms with Crippen molar-refractivity contribution in [3.05, 3.63) is 53.6 Å². The van der Waals surface area contributed by atoms with Crippen molar-refractivity contribution in [2.24, 2.45) is 4.99 Å². The number of pyridine rings is 1. The number of fused-ring (bicyclic) bond motifs is 4. The molecule has 0 N–H and O–H groups in total. The van der Waals surface area contributed by atoms with Gasteiger partial charge in [0.25, 0.3) is 0 Å². The smallest absolute Gasteiger partial charge is 0.199 e. The highest BCUT2D eigenvalue weighted by Gasteiger charge is 2.35. The molecule has 3 aliphatic rings. The molecular weight excluding hydrogens is 298 g/mol. The van der Waals surface area contributed by atoms with Crippen LogP contribution in [0.3, 0.4) is 0 Å². The van der Waals surface area contributed by atoms with Gasteiger partial charge in [-0.25, -0.2) is 9.98 Å². The number of carbonyl (C=O) groups is 1. The molecule has 0 amide bonds. The normalized spacial score (nSPS) is 22.8. The highest BCUT2D eigenvalue weighted by atomic mass is 16.1. The summed E-state index contributed by atoms with van der Waals surface area (Å²) in [6.45, 7) is 0.700. The van der Waals surface area contributed by atoms with Gasteiger partial charge in [0, 0.05) is 18.3 Å². The summed E-state index contributed by atoms with van der Waals surface area (Å²) in [5, 5.41) is 0. The minimum atomic E-state index is -0.0365. The fourth-order valence-corrected chi connectivity index (χ4v) is 3.41. The van der Waals surface area contributed by atoms with Crippen molar-refractivity contribution in [3.63, 3.8) is 0 Å². The van der Waals surface area contributed by atoms with Crippen LogP contribution in [-0.4, -0.2) is 34.0 Å². The van der Waals surface area contributed by atoms with E-state index in [0.29, 0.717) is 6.54 Å². The number of allylic oxidation sites excluding steroid dienone is 2. The molecule has 24 heavy (non-hydrogen) atoms. The van der Waals surface area contributed by atoms with E-state index in [4.69, 9.17) is 0 Å². The number of ketones is 1. The molecule has 1 aromatic heterocycles. The summed E-state index contributed by atoms with van der Waals surface area (Å²) in [5.41, 5.74) is 2.45. The Morgan fingerprint density at radius 2 is 2.12 bits per heavy atom. The van der Waals surface area contributed by atoms with Crippen molar-refractivity contribution in [2.45, 2.75) is 38.1 Å². The molecule has 3 heterocycles. The third-order valence-electron chi connectivity index (χ3n) is 4.69. The van der Waals surface area contributed by atoms with Crippen LogP contribution in [0.5, 0.6) is 0 Å². The molecule has 120 valence electrons. The van der Waals surface area contributed by atoms with E-state index in [9.17, 15) is 4.79 Å². The molecule has 1 saturated carbocycles. The molecule has 1 aromatic rings. The van der Waals surface area contributed by atoms with E-state index in [1.807, 2.05) is 24.3 Å². The summed E-state index contributed by atoms with van der Waals surface area (Å²) in [5.74, 6) is 7.37. The third-order valence-corrected chi connectivity index (χ3v) is 4.69. The van der Waals surface area contributed by atoms with Crippen molar-refractivity contribution in [3.8, 4) is 11.8 Å². The highest BCUT2D eigenvalue weighted by Crippen LogP contribution is 2.29. The number of rotatable bonds is 0. The summed E-state index contributed by atoms with van der Waals surface area (Å²) in [4.78, 5) is 23.6. The molecule has 1 unspecified atom stereocenters. The average Bonchev–Trinajstić information content (AvgIpc) is 2.62. The summed E-state index contributed by atoms with van der Waals surface area (Å²) >= 11 is 0. The summed E-state index contributed by atoms with van der Waals surface area (Å²) < 4.78 is 0. The van der Waals surface area contributed by atoms with Gasteiger partial charge in [0.05, 0.1) is 11.8 Å². The van der Waals surface area contributed by atoms with Crippen LogP contribution >= 0.6 is 0 Å². The second-order valence-electron chi connectivity index (χ2n) is 6.32. The Morgan fingerprint density at radius 3 is 3.00 bits per heavy atom. The van der Waals surface area contributed by atoms with Crippen LogP contribution in [0.25, 0.3) is 0 Å². The highest BCUT2D eigenvalue weighted by molar-refractivity contribution is 6.42. The number of hydrogen-bond acceptors (Lipinski definition) is 4. The maximum atomic E-state index is 12.6. The van der Waals surface area contributed by atoms with Gasteiger partial charge < -0.3 is 4.90 Å². The molecule has 1 aliphatic carbocycles. The lowest BCUT2D eigenvalue weighted by atomic mass is 9.90. The molecule has 0 radical (unpaired) electrons. The number of hydrogen-bond donors (Lipinski definition) is 0. The first-order chi connectivity index (χ1) is 11.8. The van der Waals surface area contributed by atoms with Crippen LogP contribution in [0.2, 0.25) is 0 Å². The predicted octanol–water partition coefficient (Wildman–Crippen LogP) is 2.87. The Morgan fingerprint density at radius 1 is 1.17 bits per heavy atom. The lowest BCUT2D eigenvalue weighted by Gasteiger charge is -2.38. The first-order valence-electron chi connectivity index (χ1n) is 8.54. The average molecular weight is 317 g/mol. The fourth-order valence-electron chi connectivity index (χ4n) is 3.41. The van der Waals surface area contributed by atoms with E-state index in [1.54, 1.807) is 6.20 Å². The topological polar surface area (TPSA) is 45.6 Å². The second-order valence-corrected chi connectivity index (χ2v) is 6.32. The lowest BCUT2D eigenvalue weighted by molar-refractivity contribution is -0.118. The zero-order chi connectivity index (χ0) is 16.4. The minimum Gasteiger partial charge on any atom is -0.342 e. The van der Waals surface area contributed by atoms with Crippen LogP contribution in [0.15, 0.2) is 52.9 Å². The monoisotopic (exact) mass is 317 g/mol. The SMILES string of the molecule is O=C1C2=NC3=CC(C#Cc4ccccn4)=CCN3C1CCCCC2. The van der Waals surface area contributed by atoms with E-state index in [-0.39, 0.29) is 11.8 Å². The first-order valence-corrected chi connectivity index (χ1v) is 8.54. The van der Waals surface area contributed by atoms with E-state index >= 15 is 0 Å². The molecule has 2 bridgehead atoms. The maximum Gasteiger partial charge on any atom is 0.199 e. The van der Waals surface area contributed by atoms with Gasteiger partial charge >= 0.3 is 0 Å². The summed E-state index contributed by atoms with van der Waals surface area (Å²) in [7, 11) is 0. The van der Waals surface area contributed by atoms with Gasteiger partial charge in [-0.2, -0.15) is 0 Å². The molecule has 4 rings (SSSR count). The van der Waals surface area contributed by atoms with E-state index in [1.165, 1.54) is 6.42 Å². The molecule has 4 nitrogen and oxygen atoms in total. The van der Waals surface area contributed by atoms with Crippen molar-refractivity contribution in [2.75, 3.05) is 6.54 Å². The van der Waals surface area contributed by atoms with Gasteiger partial charge in [-0.05, 0) is 49.5 Å². The van der Waals surface area contributed by atoms with Crippen LogP contribution in [0.4, 0.5) is 0 Å². The molecule has 1 fully saturated rings. The van der Waals surface area contributed by atoms with Crippen molar-refractivity contribution in [1.82, 2.24) is 9.88 Å². The molecular formula is C20H19N3O. The zero-order valence-electron chi connectivity index (χ0n) is 13.5. The Bertz CT molecular complexity index is 808. The second kappa shape index (κ2) is 6.45. The van der Waals surface area contributed by atoms with Gasteiger partial charge in [0.15, 0.2) is 5.78 Å². The molecule has 4 heteroatoms. The number of aliphatic imine (C=N–C) groups is 1. The Balaban J connectivity index is 1.63. The summed E-state index contributed by atoms with van der Waals surface area (Å²) in [6, 6.07) is 5.67. The standard InChI is InChI=1S/C20H19N3O/c24-20-17-7-2-1-3-8-18(20)23-13-11-15(14-19(23)22-17)9-10-16-6-4-5-12-21-16/h4-6,11-12,14,18H,1-3,7-8,13H2. The third kappa shape index (κ3) is 2.90. The quantitative estimate of drug-likeness (QED) is 0.691. The van der Waals surface area contributed by atoms with E-state index in [2.05, 4.69) is 32.8 Å². The maximum absolute atomic E-state index is 12.6. The Kier molecular flexibility index (Phi) is 4.00. The van der Waals surface area contributed by atoms with Crippen molar-refractivity contribution >= 4 is 11.5 Å². The van der Waals surface area contributed by atoms with Crippen molar-refractivity contribution < 1.29 is 4.79 Å². The van der Waals surface area contributed by atoms with Gasteiger partial charge in [0.1, 0.15) is 11.5 Å². The molecule has 0 aromatic carbocycles. The predicted molar refractivity (Wildman–Crippen MR) is 93.3 cm³/mol. The fraction of sp³-hybridized carbons (Fsp3) is 0.350. The van der Waals surface area contributed by atoms with Crippen molar-refractivity contribution in [1.29, 1.82) is 0 Å². The van der Waals surface area contributed by atoms with Crippen LogP contribution in [-0.2, 0) is 4.79 Å².